The van der Waals surface area contributed by atoms with E-state index in [1.54, 1.807) is 6.92 Å². The molecule has 3 N–H and O–H groups in total. The second-order valence-electron chi connectivity index (χ2n) is 4.32. The molecular formula is C11H17FN4. The molecule has 4 nitrogen and oxygen atoms in total. The Morgan fingerprint density at radius 2 is 2.12 bits per heavy atom. The van der Waals surface area contributed by atoms with Gasteiger partial charge in [-0.25, -0.2) is 14.4 Å². The number of nitrogens with one attached hydrogen (secondary N) is 1. The highest BCUT2D eigenvalue weighted by Crippen LogP contribution is 2.21. The van der Waals surface area contributed by atoms with E-state index in [0.717, 1.165) is 25.7 Å². The minimum absolute atomic E-state index is 0.0865. The number of nitrogens with zero attached hydrogens (tertiary/aromatic N) is 2. The van der Waals surface area contributed by atoms with Gasteiger partial charge in [-0.3, -0.25) is 0 Å². The van der Waals surface area contributed by atoms with Crippen molar-refractivity contribution in [3.8, 4) is 0 Å². The molecule has 0 radical (unpaired) electrons. The molecule has 1 fully saturated rings. The molecule has 0 spiro atoms. The van der Waals surface area contributed by atoms with Crippen LogP contribution in [0.15, 0.2) is 6.33 Å². The molecule has 0 aliphatic heterocycles. The van der Waals surface area contributed by atoms with E-state index < -0.39 is 0 Å². The first kappa shape index (κ1) is 11.3. The molecular weight excluding hydrogens is 207 g/mol. The van der Waals surface area contributed by atoms with Crippen LogP contribution in [0.25, 0.3) is 0 Å². The molecule has 2 rings (SSSR count). The molecule has 0 bridgehead atoms. The molecule has 1 aliphatic carbocycles. The highest BCUT2D eigenvalue weighted by Gasteiger charge is 2.23. The zero-order chi connectivity index (χ0) is 11.5. The molecule has 88 valence electrons. The molecule has 1 aliphatic rings. The van der Waals surface area contributed by atoms with Gasteiger partial charge in [0.25, 0.3) is 0 Å². The maximum Gasteiger partial charge on any atom is 0.186 e. The first-order valence-corrected chi connectivity index (χ1v) is 5.67. The van der Waals surface area contributed by atoms with E-state index in [-0.39, 0.29) is 23.7 Å². The molecule has 0 unspecified atom stereocenters. The minimum atomic E-state index is -0.375. The normalized spacial score (nSPS) is 25.4. The quantitative estimate of drug-likeness (QED) is 0.801. The van der Waals surface area contributed by atoms with E-state index in [2.05, 4.69) is 15.3 Å². The molecule has 5 heteroatoms. The summed E-state index contributed by atoms with van der Waals surface area (Å²) in [7, 11) is 0. The topological polar surface area (TPSA) is 63.8 Å². The van der Waals surface area contributed by atoms with Gasteiger partial charge >= 0.3 is 0 Å². The van der Waals surface area contributed by atoms with Gasteiger partial charge in [-0.2, -0.15) is 0 Å². The number of nitrogens with two attached hydrogens (primary N) is 1. The van der Waals surface area contributed by atoms with Gasteiger partial charge in [0.1, 0.15) is 6.33 Å². The molecule has 1 aromatic heterocycles. The number of anilines is 1. The zero-order valence-corrected chi connectivity index (χ0v) is 9.41. The van der Waals surface area contributed by atoms with Crippen LogP contribution in [0.3, 0.4) is 0 Å². The average molecular weight is 224 g/mol. The van der Waals surface area contributed by atoms with E-state index >= 15 is 0 Å². The van der Waals surface area contributed by atoms with Gasteiger partial charge in [-0.15, -0.1) is 0 Å². The van der Waals surface area contributed by atoms with E-state index in [4.69, 9.17) is 5.73 Å². The second-order valence-corrected chi connectivity index (χ2v) is 4.32. The van der Waals surface area contributed by atoms with Crippen LogP contribution in [-0.2, 0) is 0 Å². The predicted octanol–water partition coefficient (Wildman–Crippen LogP) is 1.61. The van der Waals surface area contributed by atoms with Crippen molar-refractivity contribution in [2.45, 2.75) is 44.7 Å². The summed E-state index contributed by atoms with van der Waals surface area (Å²) in [6.07, 6.45) is 5.63. The first-order chi connectivity index (χ1) is 7.68. The third kappa shape index (κ3) is 2.29. The predicted molar refractivity (Wildman–Crippen MR) is 60.6 cm³/mol. The van der Waals surface area contributed by atoms with Crippen LogP contribution in [0.5, 0.6) is 0 Å². The smallest absolute Gasteiger partial charge is 0.186 e. The second kappa shape index (κ2) is 4.74. The Labute approximate surface area is 94.5 Å². The summed E-state index contributed by atoms with van der Waals surface area (Å²) in [6.45, 7) is 1.63. The van der Waals surface area contributed by atoms with Crippen molar-refractivity contribution < 1.29 is 4.39 Å². The van der Waals surface area contributed by atoms with Crippen molar-refractivity contribution in [2.24, 2.45) is 5.73 Å². The lowest BCUT2D eigenvalue weighted by Crippen LogP contribution is -2.43. The first-order valence-electron chi connectivity index (χ1n) is 5.67. The van der Waals surface area contributed by atoms with Crippen molar-refractivity contribution in [2.75, 3.05) is 5.32 Å². The minimum Gasteiger partial charge on any atom is -0.363 e. The van der Waals surface area contributed by atoms with E-state index in [1.165, 1.54) is 6.33 Å². The van der Waals surface area contributed by atoms with Crippen molar-refractivity contribution >= 4 is 5.82 Å². The van der Waals surface area contributed by atoms with Crippen molar-refractivity contribution in [3.05, 3.63) is 17.8 Å². The fraction of sp³-hybridized carbons (Fsp3) is 0.636. The lowest BCUT2D eigenvalue weighted by molar-refractivity contribution is 0.401. The lowest BCUT2D eigenvalue weighted by atomic mass is 9.91. The number of hydrogen-bond acceptors (Lipinski definition) is 4. The summed E-state index contributed by atoms with van der Waals surface area (Å²) in [5, 5.41) is 3.09. The number of halogens is 1. The molecule has 0 amide bonds. The summed E-state index contributed by atoms with van der Waals surface area (Å²) in [5.41, 5.74) is 6.35. The maximum atomic E-state index is 13.7. The molecule has 1 saturated carbocycles. The highest BCUT2D eigenvalue weighted by atomic mass is 19.1. The Balaban J connectivity index is 2.10. The van der Waals surface area contributed by atoms with Crippen LogP contribution < -0.4 is 11.1 Å². The maximum absolute atomic E-state index is 13.7. The number of hydrogen-bond donors (Lipinski definition) is 2. The lowest BCUT2D eigenvalue weighted by Gasteiger charge is -2.29. The molecule has 2 atom stereocenters. The largest absolute Gasteiger partial charge is 0.363 e. The Hall–Kier alpha value is -1.23. The van der Waals surface area contributed by atoms with Crippen LogP contribution in [-0.4, -0.2) is 22.1 Å². The molecule has 0 aromatic carbocycles. The molecule has 16 heavy (non-hydrogen) atoms. The fourth-order valence-corrected chi connectivity index (χ4v) is 2.07. The van der Waals surface area contributed by atoms with Gasteiger partial charge in [0.15, 0.2) is 11.6 Å². The summed E-state index contributed by atoms with van der Waals surface area (Å²) in [5.74, 6) is -0.102. The SMILES string of the molecule is Cc1ncnc(N[C@@H]2CCCC[C@H]2N)c1F. The van der Waals surface area contributed by atoms with Gasteiger partial charge in [0, 0.05) is 12.1 Å². The van der Waals surface area contributed by atoms with Crippen LogP contribution in [0, 0.1) is 12.7 Å². The highest BCUT2D eigenvalue weighted by molar-refractivity contribution is 5.38. The van der Waals surface area contributed by atoms with Crippen molar-refractivity contribution in [1.29, 1.82) is 0 Å². The number of rotatable bonds is 2. The van der Waals surface area contributed by atoms with Crippen molar-refractivity contribution in [3.63, 3.8) is 0 Å². The monoisotopic (exact) mass is 224 g/mol. The summed E-state index contributed by atoms with van der Waals surface area (Å²) in [4.78, 5) is 7.71. The zero-order valence-electron chi connectivity index (χ0n) is 9.41. The van der Waals surface area contributed by atoms with E-state index in [0.29, 0.717) is 5.69 Å². The number of aromatic nitrogens is 2. The third-order valence-corrected chi connectivity index (χ3v) is 3.11. The Morgan fingerprint density at radius 3 is 2.88 bits per heavy atom. The Bertz CT molecular complexity index is 369. The number of aryl methyl sites for hydroxylation is 1. The summed E-state index contributed by atoms with van der Waals surface area (Å²) in [6, 6.07) is 0.209. The molecule has 1 aromatic rings. The molecule has 1 heterocycles. The third-order valence-electron chi connectivity index (χ3n) is 3.11. The summed E-state index contributed by atoms with van der Waals surface area (Å²) < 4.78 is 13.7. The van der Waals surface area contributed by atoms with Crippen LogP contribution >= 0.6 is 0 Å². The van der Waals surface area contributed by atoms with Gasteiger partial charge in [0.2, 0.25) is 0 Å². The summed E-state index contributed by atoms with van der Waals surface area (Å²) >= 11 is 0. The van der Waals surface area contributed by atoms with E-state index in [1.807, 2.05) is 0 Å². The van der Waals surface area contributed by atoms with Crippen LogP contribution in [0.2, 0.25) is 0 Å². The van der Waals surface area contributed by atoms with Gasteiger partial charge in [0.05, 0.1) is 5.69 Å². The van der Waals surface area contributed by atoms with Gasteiger partial charge < -0.3 is 11.1 Å². The standard InChI is InChI=1S/C11H17FN4/c1-7-10(12)11(15-6-14-7)16-9-5-3-2-4-8(9)13/h6,8-9H,2-5,13H2,1H3,(H,14,15,16)/t8-,9-/m1/s1. The van der Waals surface area contributed by atoms with Crippen molar-refractivity contribution in [1.82, 2.24) is 9.97 Å². The van der Waals surface area contributed by atoms with Gasteiger partial charge in [-0.1, -0.05) is 12.8 Å². The van der Waals surface area contributed by atoms with E-state index in [9.17, 15) is 4.39 Å². The van der Waals surface area contributed by atoms with Gasteiger partial charge in [-0.05, 0) is 19.8 Å². The Kier molecular flexibility index (Phi) is 3.33. The fourth-order valence-electron chi connectivity index (χ4n) is 2.07. The van der Waals surface area contributed by atoms with Crippen LogP contribution in [0.1, 0.15) is 31.4 Å². The van der Waals surface area contributed by atoms with Crippen LogP contribution in [0.4, 0.5) is 10.2 Å². The average Bonchev–Trinajstić information content (AvgIpc) is 2.28. The molecule has 0 saturated heterocycles. The Morgan fingerprint density at radius 1 is 1.38 bits per heavy atom.